The standard InChI is InChI=1S/C12H21N3O/c1-5-13-10-7-8-14-12(15-10)11(9(3)4)16-6-2/h7-9,11H,5-6H2,1-4H3,(H,13,14,15). The van der Waals surface area contributed by atoms with Gasteiger partial charge in [-0.3, -0.25) is 0 Å². The second-order valence-electron chi connectivity index (χ2n) is 3.95. The Balaban J connectivity index is 2.86. The molecule has 0 radical (unpaired) electrons. The molecule has 0 fully saturated rings. The topological polar surface area (TPSA) is 47.0 Å². The third kappa shape index (κ3) is 3.45. The summed E-state index contributed by atoms with van der Waals surface area (Å²) < 4.78 is 5.67. The van der Waals surface area contributed by atoms with Gasteiger partial charge in [-0.25, -0.2) is 9.97 Å². The van der Waals surface area contributed by atoms with E-state index in [9.17, 15) is 0 Å². The second-order valence-corrected chi connectivity index (χ2v) is 3.95. The van der Waals surface area contributed by atoms with E-state index in [1.807, 2.05) is 19.9 Å². The highest BCUT2D eigenvalue weighted by Gasteiger charge is 2.18. The van der Waals surface area contributed by atoms with Crippen LogP contribution in [0.4, 0.5) is 5.82 Å². The molecule has 0 saturated heterocycles. The van der Waals surface area contributed by atoms with Crippen molar-refractivity contribution in [2.45, 2.75) is 33.8 Å². The third-order valence-electron chi connectivity index (χ3n) is 2.24. The van der Waals surface area contributed by atoms with Crippen LogP contribution in [0.3, 0.4) is 0 Å². The first kappa shape index (κ1) is 12.9. The number of hydrogen-bond acceptors (Lipinski definition) is 4. The molecule has 4 nitrogen and oxygen atoms in total. The van der Waals surface area contributed by atoms with Gasteiger partial charge in [-0.1, -0.05) is 13.8 Å². The number of ether oxygens (including phenoxy) is 1. The number of nitrogens with zero attached hydrogens (tertiary/aromatic N) is 2. The number of rotatable bonds is 6. The van der Waals surface area contributed by atoms with Crippen LogP contribution >= 0.6 is 0 Å². The van der Waals surface area contributed by atoms with E-state index in [0.717, 1.165) is 18.2 Å². The van der Waals surface area contributed by atoms with Crippen molar-refractivity contribution in [1.29, 1.82) is 0 Å². The molecule has 1 aromatic heterocycles. The van der Waals surface area contributed by atoms with Crippen molar-refractivity contribution in [2.24, 2.45) is 5.92 Å². The van der Waals surface area contributed by atoms with Crippen LogP contribution in [0.5, 0.6) is 0 Å². The molecule has 16 heavy (non-hydrogen) atoms. The van der Waals surface area contributed by atoms with Gasteiger partial charge >= 0.3 is 0 Å². The Labute approximate surface area is 97.5 Å². The van der Waals surface area contributed by atoms with Gasteiger partial charge < -0.3 is 10.1 Å². The van der Waals surface area contributed by atoms with Gasteiger partial charge in [0.25, 0.3) is 0 Å². The quantitative estimate of drug-likeness (QED) is 0.805. The van der Waals surface area contributed by atoms with Crippen LogP contribution in [0.25, 0.3) is 0 Å². The molecule has 1 aromatic rings. The van der Waals surface area contributed by atoms with E-state index in [-0.39, 0.29) is 6.10 Å². The van der Waals surface area contributed by atoms with Crippen molar-refractivity contribution in [3.05, 3.63) is 18.1 Å². The van der Waals surface area contributed by atoms with Crippen LogP contribution in [0, 0.1) is 5.92 Å². The Morgan fingerprint density at radius 1 is 1.38 bits per heavy atom. The van der Waals surface area contributed by atoms with Crippen molar-refractivity contribution in [3.63, 3.8) is 0 Å². The molecular weight excluding hydrogens is 202 g/mol. The van der Waals surface area contributed by atoms with Crippen LogP contribution in [-0.2, 0) is 4.74 Å². The maximum atomic E-state index is 5.67. The van der Waals surface area contributed by atoms with Gasteiger partial charge in [0.15, 0.2) is 5.82 Å². The molecule has 0 bridgehead atoms. The molecular formula is C12H21N3O. The summed E-state index contributed by atoms with van der Waals surface area (Å²) in [6, 6.07) is 1.87. The molecule has 1 rings (SSSR count). The zero-order valence-corrected chi connectivity index (χ0v) is 10.5. The van der Waals surface area contributed by atoms with E-state index >= 15 is 0 Å². The smallest absolute Gasteiger partial charge is 0.159 e. The van der Waals surface area contributed by atoms with E-state index in [4.69, 9.17) is 4.74 Å². The van der Waals surface area contributed by atoms with Gasteiger partial charge in [-0.15, -0.1) is 0 Å². The maximum absolute atomic E-state index is 5.67. The average molecular weight is 223 g/mol. The molecule has 0 amide bonds. The number of anilines is 1. The van der Waals surface area contributed by atoms with Crippen molar-refractivity contribution in [1.82, 2.24) is 9.97 Å². The normalized spacial score (nSPS) is 12.8. The van der Waals surface area contributed by atoms with Crippen LogP contribution < -0.4 is 5.32 Å². The lowest BCUT2D eigenvalue weighted by Gasteiger charge is -2.19. The lowest BCUT2D eigenvalue weighted by atomic mass is 10.1. The molecule has 4 heteroatoms. The van der Waals surface area contributed by atoms with Gasteiger partial charge in [-0.05, 0) is 25.8 Å². The average Bonchev–Trinajstić information content (AvgIpc) is 2.26. The van der Waals surface area contributed by atoms with Gasteiger partial charge in [0.2, 0.25) is 0 Å². The number of hydrogen-bond donors (Lipinski definition) is 1. The summed E-state index contributed by atoms with van der Waals surface area (Å²) in [5, 5.41) is 3.18. The second kappa shape index (κ2) is 6.43. The number of aromatic nitrogens is 2. The zero-order chi connectivity index (χ0) is 12.0. The van der Waals surface area contributed by atoms with E-state index in [1.165, 1.54) is 0 Å². The first-order valence-electron chi connectivity index (χ1n) is 5.87. The minimum atomic E-state index is -0.0244. The van der Waals surface area contributed by atoms with Gasteiger partial charge in [0, 0.05) is 19.3 Å². The highest BCUT2D eigenvalue weighted by molar-refractivity contribution is 5.32. The predicted molar refractivity (Wildman–Crippen MR) is 65.4 cm³/mol. The summed E-state index contributed by atoms with van der Waals surface area (Å²) in [6.45, 7) is 9.80. The van der Waals surface area contributed by atoms with E-state index < -0.39 is 0 Å². The highest BCUT2D eigenvalue weighted by Crippen LogP contribution is 2.23. The largest absolute Gasteiger partial charge is 0.370 e. The van der Waals surface area contributed by atoms with E-state index in [1.54, 1.807) is 6.20 Å². The summed E-state index contributed by atoms with van der Waals surface area (Å²) in [5.74, 6) is 1.99. The first-order valence-corrected chi connectivity index (χ1v) is 5.87. The fourth-order valence-corrected chi connectivity index (χ4v) is 1.54. The number of nitrogens with one attached hydrogen (secondary N) is 1. The Bertz CT molecular complexity index is 315. The Morgan fingerprint density at radius 2 is 2.12 bits per heavy atom. The van der Waals surface area contributed by atoms with Crippen molar-refractivity contribution in [3.8, 4) is 0 Å². The van der Waals surface area contributed by atoms with Crippen molar-refractivity contribution in [2.75, 3.05) is 18.5 Å². The van der Waals surface area contributed by atoms with E-state index in [0.29, 0.717) is 12.5 Å². The van der Waals surface area contributed by atoms with Crippen molar-refractivity contribution >= 4 is 5.82 Å². The first-order chi connectivity index (χ1) is 7.69. The molecule has 0 aliphatic heterocycles. The summed E-state index contributed by atoms with van der Waals surface area (Å²) in [5.41, 5.74) is 0. The Kier molecular flexibility index (Phi) is 5.19. The molecule has 1 N–H and O–H groups in total. The van der Waals surface area contributed by atoms with Crippen molar-refractivity contribution < 1.29 is 4.74 Å². The minimum Gasteiger partial charge on any atom is -0.370 e. The molecule has 0 aliphatic carbocycles. The van der Waals surface area contributed by atoms with Crippen LogP contribution in [0.1, 0.15) is 39.6 Å². The predicted octanol–water partition coefficient (Wildman–Crippen LogP) is 2.64. The van der Waals surface area contributed by atoms with E-state index in [2.05, 4.69) is 29.1 Å². The van der Waals surface area contributed by atoms with Gasteiger partial charge in [0.05, 0.1) is 0 Å². The highest BCUT2D eigenvalue weighted by atomic mass is 16.5. The molecule has 90 valence electrons. The van der Waals surface area contributed by atoms with Crippen LogP contribution in [0.2, 0.25) is 0 Å². The SMILES string of the molecule is CCNc1ccnc(C(OCC)C(C)C)n1. The van der Waals surface area contributed by atoms with Crippen LogP contribution in [0.15, 0.2) is 12.3 Å². The lowest BCUT2D eigenvalue weighted by Crippen LogP contribution is -2.15. The zero-order valence-electron chi connectivity index (χ0n) is 10.5. The van der Waals surface area contributed by atoms with Gasteiger partial charge in [-0.2, -0.15) is 0 Å². The fraction of sp³-hybridized carbons (Fsp3) is 0.667. The Hall–Kier alpha value is -1.16. The Morgan fingerprint density at radius 3 is 2.69 bits per heavy atom. The summed E-state index contributed by atoms with van der Waals surface area (Å²) >= 11 is 0. The maximum Gasteiger partial charge on any atom is 0.159 e. The molecule has 1 unspecified atom stereocenters. The molecule has 1 heterocycles. The minimum absolute atomic E-state index is 0.0244. The monoisotopic (exact) mass is 223 g/mol. The molecule has 1 atom stereocenters. The van der Waals surface area contributed by atoms with Crippen LogP contribution in [-0.4, -0.2) is 23.1 Å². The molecule has 0 saturated carbocycles. The summed E-state index contributed by atoms with van der Waals surface area (Å²) in [6.07, 6.45) is 1.75. The molecule has 0 aliphatic rings. The molecule has 0 aromatic carbocycles. The molecule has 0 spiro atoms. The summed E-state index contributed by atoms with van der Waals surface area (Å²) in [7, 11) is 0. The fourth-order valence-electron chi connectivity index (χ4n) is 1.54. The lowest BCUT2D eigenvalue weighted by molar-refractivity contribution is 0.0233. The summed E-state index contributed by atoms with van der Waals surface area (Å²) in [4.78, 5) is 8.74. The third-order valence-corrected chi connectivity index (χ3v) is 2.24. The van der Waals surface area contributed by atoms with Gasteiger partial charge in [0.1, 0.15) is 11.9 Å².